The van der Waals surface area contributed by atoms with Gasteiger partial charge in [0.2, 0.25) is 0 Å². The predicted octanol–water partition coefficient (Wildman–Crippen LogP) is 4.85. The first kappa shape index (κ1) is 13.4. The van der Waals surface area contributed by atoms with Gasteiger partial charge in [-0.1, -0.05) is 18.5 Å². The minimum absolute atomic E-state index is 0.227. The minimum Gasteiger partial charge on any atom is -0.217 e. The molecule has 0 aliphatic carbocycles. The summed E-state index contributed by atoms with van der Waals surface area (Å²) < 4.78 is 26.5. The molecular weight excluding hydrogens is 302 g/mol. The van der Waals surface area contributed by atoms with Crippen LogP contribution in [0.5, 0.6) is 0 Å². The van der Waals surface area contributed by atoms with Gasteiger partial charge in [-0.15, -0.1) is 11.3 Å². The number of thiophene rings is 1. The summed E-state index contributed by atoms with van der Waals surface area (Å²) in [5, 5.41) is 1.07. The Bertz CT molecular complexity index is 781. The van der Waals surface area contributed by atoms with Crippen LogP contribution in [0, 0.1) is 11.6 Å². The molecule has 0 saturated carbocycles. The summed E-state index contributed by atoms with van der Waals surface area (Å²) in [6.07, 6.45) is 0.876. The lowest BCUT2D eigenvalue weighted by Gasteiger charge is -2.02. The van der Waals surface area contributed by atoms with Crippen LogP contribution in [0.15, 0.2) is 24.3 Å². The van der Waals surface area contributed by atoms with Gasteiger partial charge in [-0.25, -0.2) is 18.7 Å². The monoisotopic (exact) mass is 310 g/mol. The molecular formula is C14H9ClF2N2S. The molecule has 0 bridgehead atoms. The number of hydrogen-bond donors (Lipinski definition) is 0. The van der Waals surface area contributed by atoms with Crippen LogP contribution in [0.3, 0.4) is 0 Å². The van der Waals surface area contributed by atoms with Crippen molar-refractivity contribution in [2.24, 2.45) is 0 Å². The molecule has 6 heteroatoms. The number of hydrogen-bond acceptors (Lipinski definition) is 3. The summed E-state index contributed by atoms with van der Waals surface area (Å²) >= 11 is 7.64. The number of nitrogens with zero attached hydrogens (tertiary/aromatic N) is 2. The molecule has 3 rings (SSSR count). The molecule has 3 aromatic rings. The summed E-state index contributed by atoms with van der Waals surface area (Å²) in [6, 6.07) is 5.13. The molecule has 0 unspecified atom stereocenters. The summed E-state index contributed by atoms with van der Waals surface area (Å²) in [5.74, 6) is -1.11. The van der Waals surface area contributed by atoms with Gasteiger partial charge in [0, 0.05) is 21.9 Å². The standard InChI is InChI=1S/C14H9ClF2N2S/c1-2-10-6-11-12(15)18-13(19-14(11)20-10)7-3-8(16)5-9(17)4-7/h3-6H,2H2,1H3. The zero-order valence-corrected chi connectivity index (χ0v) is 12.0. The van der Waals surface area contributed by atoms with Crippen molar-refractivity contribution < 1.29 is 8.78 Å². The number of benzene rings is 1. The summed E-state index contributed by atoms with van der Waals surface area (Å²) in [6.45, 7) is 2.04. The molecule has 2 nitrogen and oxygen atoms in total. The smallest absolute Gasteiger partial charge is 0.162 e. The topological polar surface area (TPSA) is 25.8 Å². The van der Waals surface area contributed by atoms with Crippen LogP contribution in [-0.4, -0.2) is 9.97 Å². The van der Waals surface area contributed by atoms with E-state index in [1.807, 2.05) is 13.0 Å². The van der Waals surface area contributed by atoms with Gasteiger partial charge in [0.05, 0.1) is 0 Å². The van der Waals surface area contributed by atoms with Crippen molar-refractivity contribution in [1.29, 1.82) is 0 Å². The van der Waals surface area contributed by atoms with Gasteiger partial charge in [0.15, 0.2) is 5.82 Å². The van der Waals surface area contributed by atoms with E-state index in [0.29, 0.717) is 5.15 Å². The Kier molecular flexibility index (Phi) is 3.40. The zero-order chi connectivity index (χ0) is 14.3. The van der Waals surface area contributed by atoms with E-state index in [1.165, 1.54) is 23.5 Å². The Balaban J connectivity index is 2.21. The van der Waals surface area contributed by atoms with Crippen LogP contribution in [-0.2, 0) is 6.42 Å². The number of rotatable bonds is 2. The Labute approximate surface area is 123 Å². The minimum atomic E-state index is -0.666. The van der Waals surface area contributed by atoms with Crippen molar-refractivity contribution in [1.82, 2.24) is 9.97 Å². The van der Waals surface area contributed by atoms with E-state index in [9.17, 15) is 8.78 Å². The maximum Gasteiger partial charge on any atom is 0.162 e. The van der Waals surface area contributed by atoms with Crippen LogP contribution < -0.4 is 0 Å². The van der Waals surface area contributed by atoms with Gasteiger partial charge in [-0.3, -0.25) is 0 Å². The van der Waals surface area contributed by atoms with E-state index < -0.39 is 11.6 Å². The average molecular weight is 311 g/mol. The quantitative estimate of drug-likeness (QED) is 0.632. The van der Waals surface area contributed by atoms with E-state index in [0.717, 1.165) is 27.6 Å². The van der Waals surface area contributed by atoms with Crippen molar-refractivity contribution in [3.63, 3.8) is 0 Å². The second kappa shape index (κ2) is 5.07. The second-order valence-corrected chi connectivity index (χ2v) is 5.75. The number of aryl methyl sites for hydroxylation is 1. The van der Waals surface area contributed by atoms with Crippen LogP contribution in [0.2, 0.25) is 5.15 Å². The third kappa shape index (κ3) is 2.39. The fourth-order valence-electron chi connectivity index (χ4n) is 1.92. The molecule has 1 aromatic carbocycles. The Morgan fingerprint density at radius 2 is 1.80 bits per heavy atom. The molecule has 20 heavy (non-hydrogen) atoms. The highest BCUT2D eigenvalue weighted by Crippen LogP contribution is 2.31. The first-order valence-corrected chi connectivity index (χ1v) is 7.18. The number of aromatic nitrogens is 2. The highest BCUT2D eigenvalue weighted by atomic mass is 35.5. The normalized spacial score (nSPS) is 11.2. The highest BCUT2D eigenvalue weighted by molar-refractivity contribution is 7.18. The number of fused-ring (bicyclic) bond motifs is 1. The Morgan fingerprint density at radius 1 is 1.10 bits per heavy atom. The van der Waals surface area contributed by atoms with Crippen molar-refractivity contribution in [3.05, 3.63) is 45.9 Å². The molecule has 0 atom stereocenters. The van der Waals surface area contributed by atoms with Crippen LogP contribution in [0.25, 0.3) is 21.6 Å². The first-order chi connectivity index (χ1) is 9.56. The first-order valence-electron chi connectivity index (χ1n) is 5.99. The lowest BCUT2D eigenvalue weighted by Crippen LogP contribution is -1.91. The molecule has 0 aliphatic heterocycles. The fourth-order valence-corrected chi connectivity index (χ4v) is 3.17. The molecule has 0 amide bonds. The van der Waals surface area contributed by atoms with Gasteiger partial charge >= 0.3 is 0 Å². The van der Waals surface area contributed by atoms with E-state index >= 15 is 0 Å². The molecule has 2 heterocycles. The summed E-state index contributed by atoms with van der Waals surface area (Å²) in [5.41, 5.74) is 0.276. The van der Waals surface area contributed by atoms with Crippen LogP contribution in [0.1, 0.15) is 11.8 Å². The predicted molar refractivity (Wildman–Crippen MR) is 77.2 cm³/mol. The molecule has 0 saturated heterocycles. The maximum absolute atomic E-state index is 13.3. The molecule has 0 fully saturated rings. The number of halogens is 3. The molecule has 102 valence electrons. The maximum atomic E-state index is 13.3. The van der Waals surface area contributed by atoms with E-state index in [1.54, 1.807) is 0 Å². The second-order valence-electron chi connectivity index (χ2n) is 4.28. The highest BCUT2D eigenvalue weighted by Gasteiger charge is 2.12. The van der Waals surface area contributed by atoms with Gasteiger partial charge < -0.3 is 0 Å². The van der Waals surface area contributed by atoms with Crippen LogP contribution >= 0.6 is 22.9 Å². The Morgan fingerprint density at radius 3 is 2.45 bits per heavy atom. The lowest BCUT2D eigenvalue weighted by atomic mass is 10.2. The van der Waals surface area contributed by atoms with E-state index in [-0.39, 0.29) is 11.4 Å². The molecule has 2 aromatic heterocycles. The van der Waals surface area contributed by atoms with E-state index in [4.69, 9.17) is 11.6 Å². The third-order valence-electron chi connectivity index (χ3n) is 2.87. The largest absolute Gasteiger partial charge is 0.217 e. The SMILES string of the molecule is CCc1cc2c(Cl)nc(-c3cc(F)cc(F)c3)nc2s1. The van der Waals surface area contributed by atoms with Crippen molar-refractivity contribution in [2.75, 3.05) is 0 Å². The van der Waals surface area contributed by atoms with E-state index in [2.05, 4.69) is 9.97 Å². The molecule has 0 aliphatic rings. The average Bonchev–Trinajstić information content (AvgIpc) is 2.81. The third-order valence-corrected chi connectivity index (χ3v) is 4.33. The van der Waals surface area contributed by atoms with Gasteiger partial charge in [0.25, 0.3) is 0 Å². The van der Waals surface area contributed by atoms with Crippen molar-refractivity contribution >= 4 is 33.2 Å². The molecule has 0 spiro atoms. The Hall–Kier alpha value is -1.59. The molecule has 0 N–H and O–H groups in total. The van der Waals surface area contributed by atoms with Crippen molar-refractivity contribution in [3.8, 4) is 11.4 Å². The summed E-state index contributed by atoms with van der Waals surface area (Å²) in [7, 11) is 0. The zero-order valence-electron chi connectivity index (χ0n) is 10.5. The van der Waals surface area contributed by atoms with Gasteiger partial charge in [-0.05, 0) is 24.6 Å². The lowest BCUT2D eigenvalue weighted by molar-refractivity contribution is 0.584. The fraction of sp³-hybridized carbons (Fsp3) is 0.143. The van der Waals surface area contributed by atoms with Gasteiger partial charge in [0.1, 0.15) is 21.6 Å². The molecule has 0 radical (unpaired) electrons. The van der Waals surface area contributed by atoms with Crippen LogP contribution in [0.4, 0.5) is 8.78 Å². The van der Waals surface area contributed by atoms with Gasteiger partial charge in [-0.2, -0.15) is 0 Å². The van der Waals surface area contributed by atoms with Crippen molar-refractivity contribution in [2.45, 2.75) is 13.3 Å². The summed E-state index contributed by atoms with van der Waals surface area (Å²) in [4.78, 5) is 10.3.